The van der Waals surface area contributed by atoms with Crippen molar-refractivity contribution in [1.82, 2.24) is 0 Å². The fourth-order valence-corrected chi connectivity index (χ4v) is 8.09. The Morgan fingerprint density at radius 3 is 1.68 bits per heavy atom. The molecule has 7 nitrogen and oxygen atoms in total. The minimum Gasteiger partial charge on any atom is -0.455 e. The van der Waals surface area contributed by atoms with E-state index >= 15 is 0 Å². The van der Waals surface area contributed by atoms with Crippen LogP contribution in [0.5, 0.6) is 0 Å². The van der Waals surface area contributed by atoms with Gasteiger partial charge in [0.15, 0.2) is 0 Å². The van der Waals surface area contributed by atoms with E-state index in [9.17, 15) is 14.4 Å². The summed E-state index contributed by atoms with van der Waals surface area (Å²) in [5, 5.41) is 0. The third kappa shape index (κ3) is 10.5. The van der Waals surface area contributed by atoms with Crippen molar-refractivity contribution in [2.75, 3.05) is 6.61 Å². The van der Waals surface area contributed by atoms with Crippen molar-refractivity contribution in [3.63, 3.8) is 0 Å². The molecule has 0 spiro atoms. The second-order valence-electron chi connectivity index (χ2n) is 10.3. The van der Waals surface area contributed by atoms with Gasteiger partial charge < -0.3 is 18.0 Å². The summed E-state index contributed by atoms with van der Waals surface area (Å²) in [5.41, 5.74) is 0. The molecular weight excluding hydrogens is 452 g/mol. The van der Waals surface area contributed by atoms with E-state index in [1.54, 1.807) is 0 Å². The summed E-state index contributed by atoms with van der Waals surface area (Å²) in [6, 6.07) is 0.169. The molecule has 0 amide bonds. The van der Waals surface area contributed by atoms with Gasteiger partial charge in [-0.1, -0.05) is 45.4 Å². The van der Waals surface area contributed by atoms with Gasteiger partial charge >= 0.3 is 8.80 Å². The Bertz CT molecular complexity index is 596. The predicted molar refractivity (Wildman–Crippen MR) is 132 cm³/mol. The first-order chi connectivity index (χ1) is 16.2. The highest BCUT2D eigenvalue weighted by molar-refractivity contribution is 6.65. The first-order valence-electron chi connectivity index (χ1n) is 13.4. The van der Waals surface area contributed by atoms with Gasteiger partial charge in [0.2, 0.25) is 0 Å². The van der Waals surface area contributed by atoms with Crippen LogP contribution in [0.2, 0.25) is 6.04 Å². The molecule has 0 heterocycles. The number of hydrogen-bond donors (Lipinski definition) is 0. The van der Waals surface area contributed by atoms with Gasteiger partial charge in [-0.15, -0.1) is 0 Å². The van der Waals surface area contributed by atoms with Gasteiger partial charge in [-0.25, -0.2) is 0 Å². The van der Waals surface area contributed by atoms with Gasteiger partial charge in [0, 0.05) is 27.4 Å². The number of ether oxygens (including phenoxy) is 1. The van der Waals surface area contributed by atoms with Crippen molar-refractivity contribution >= 4 is 26.7 Å². The first kappa shape index (κ1) is 28.8. The first-order valence-corrected chi connectivity index (χ1v) is 15.4. The SMILES string of the molecule is CCCCC[C@H]1CC[C@H]([C@H]2CC[C@H](OCCC[Si](OC(C)=O)(OC(C)=O)OC(C)=O)CC2)CC1. The fraction of sp³-hybridized carbons (Fsp3) is 0.885. The average molecular weight is 499 g/mol. The molecule has 0 radical (unpaired) electrons. The molecule has 2 aliphatic carbocycles. The van der Waals surface area contributed by atoms with Gasteiger partial charge in [-0.2, -0.15) is 0 Å². The van der Waals surface area contributed by atoms with Crippen molar-refractivity contribution in [2.45, 2.75) is 123 Å². The lowest BCUT2D eigenvalue weighted by Crippen LogP contribution is -2.49. The van der Waals surface area contributed by atoms with Crippen LogP contribution < -0.4 is 0 Å². The molecule has 2 fully saturated rings. The molecule has 34 heavy (non-hydrogen) atoms. The van der Waals surface area contributed by atoms with Gasteiger partial charge in [-0.3, -0.25) is 14.4 Å². The van der Waals surface area contributed by atoms with E-state index in [1.165, 1.54) is 85.0 Å². The Kier molecular flexibility index (Phi) is 12.6. The zero-order valence-corrected chi connectivity index (χ0v) is 22.8. The Balaban J connectivity index is 1.70. The molecule has 0 N–H and O–H groups in total. The van der Waals surface area contributed by atoms with Crippen LogP contribution in [0.4, 0.5) is 0 Å². The van der Waals surface area contributed by atoms with E-state index in [0.717, 1.165) is 30.6 Å². The molecule has 0 aromatic rings. The molecule has 0 bridgehead atoms. The lowest BCUT2D eigenvalue weighted by atomic mass is 9.70. The number of hydrogen-bond acceptors (Lipinski definition) is 7. The van der Waals surface area contributed by atoms with E-state index in [0.29, 0.717) is 13.0 Å². The van der Waals surface area contributed by atoms with E-state index in [-0.39, 0.29) is 12.1 Å². The second-order valence-corrected chi connectivity index (χ2v) is 12.7. The molecule has 0 aromatic heterocycles. The number of rotatable bonds is 13. The monoisotopic (exact) mass is 498 g/mol. The molecule has 0 unspecified atom stereocenters. The maximum Gasteiger partial charge on any atom is 0.705 e. The summed E-state index contributed by atoms with van der Waals surface area (Å²) in [5.74, 6) is 0.791. The van der Waals surface area contributed by atoms with E-state index < -0.39 is 26.7 Å². The van der Waals surface area contributed by atoms with Crippen LogP contribution in [0.25, 0.3) is 0 Å². The number of carbonyl (C=O) groups is 3. The molecule has 2 saturated carbocycles. The van der Waals surface area contributed by atoms with E-state index in [4.69, 9.17) is 18.0 Å². The topological polar surface area (TPSA) is 88.1 Å². The molecule has 0 atom stereocenters. The summed E-state index contributed by atoms with van der Waals surface area (Å²) in [6.45, 7) is 6.37. The van der Waals surface area contributed by atoms with Crippen molar-refractivity contribution in [3.05, 3.63) is 0 Å². The van der Waals surface area contributed by atoms with Crippen LogP contribution >= 0.6 is 0 Å². The molecular formula is C26H46O7Si. The zero-order valence-electron chi connectivity index (χ0n) is 21.8. The van der Waals surface area contributed by atoms with Crippen molar-refractivity contribution in [2.24, 2.45) is 17.8 Å². The molecule has 2 aliphatic rings. The fourth-order valence-electron chi connectivity index (χ4n) is 5.77. The highest BCUT2D eigenvalue weighted by Gasteiger charge is 2.51. The van der Waals surface area contributed by atoms with E-state index in [1.807, 2.05) is 0 Å². The standard InChI is InChI=1S/C26H46O7Si/c1-5-6-7-9-23-10-12-24(13-11-23)25-14-16-26(17-15-25)30-18-8-19-34(31-20(2)27,32-21(3)28)33-22(4)29/h23-26H,5-19H2,1-4H3/t23-,24-,25-,26-. The van der Waals surface area contributed by atoms with Gasteiger partial charge in [0.05, 0.1) is 12.1 Å². The Morgan fingerprint density at radius 2 is 1.21 bits per heavy atom. The molecule has 0 aromatic carbocycles. The molecule has 196 valence electrons. The molecule has 0 saturated heterocycles. The Morgan fingerprint density at radius 1 is 0.706 bits per heavy atom. The normalized spacial score (nSPS) is 25.4. The summed E-state index contributed by atoms with van der Waals surface area (Å²) < 4.78 is 21.8. The third-order valence-corrected chi connectivity index (χ3v) is 10.1. The van der Waals surface area contributed by atoms with Crippen molar-refractivity contribution in [1.29, 1.82) is 0 Å². The van der Waals surface area contributed by atoms with E-state index in [2.05, 4.69) is 6.92 Å². The molecule has 2 rings (SSSR count). The minimum absolute atomic E-state index is 0.169. The summed E-state index contributed by atoms with van der Waals surface area (Å²) in [4.78, 5) is 34.6. The maximum atomic E-state index is 11.5. The lowest BCUT2D eigenvalue weighted by Gasteiger charge is -2.38. The largest absolute Gasteiger partial charge is 0.705 e. The van der Waals surface area contributed by atoms with Gasteiger partial charge in [0.25, 0.3) is 17.9 Å². The summed E-state index contributed by atoms with van der Waals surface area (Å²) in [7, 11) is -3.75. The molecule has 8 heteroatoms. The second kappa shape index (κ2) is 14.9. The molecule has 0 aliphatic heterocycles. The van der Waals surface area contributed by atoms with Crippen LogP contribution in [0, 0.1) is 17.8 Å². The Hall–Kier alpha value is -1.41. The third-order valence-electron chi connectivity index (χ3n) is 7.37. The minimum atomic E-state index is -3.75. The lowest BCUT2D eigenvalue weighted by molar-refractivity contribution is -0.147. The van der Waals surface area contributed by atoms with Gasteiger partial charge in [0.1, 0.15) is 0 Å². The average Bonchev–Trinajstić information content (AvgIpc) is 2.76. The number of carbonyl (C=O) groups excluding carboxylic acids is 3. The summed E-state index contributed by atoms with van der Waals surface area (Å²) in [6.07, 6.45) is 16.6. The quantitative estimate of drug-likeness (QED) is 0.228. The van der Waals surface area contributed by atoms with Crippen molar-refractivity contribution in [3.8, 4) is 0 Å². The van der Waals surface area contributed by atoms with Crippen LogP contribution in [0.15, 0.2) is 0 Å². The zero-order chi connectivity index (χ0) is 25.0. The highest BCUT2D eigenvalue weighted by atomic mass is 28.4. The van der Waals surface area contributed by atoms with Crippen LogP contribution in [-0.2, 0) is 32.4 Å². The van der Waals surface area contributed by atoms with Crippen LogP contribution in [0.1, 0.15) is 111 Å². The van der Waals surface area contributed by atoms with Crippen LogP contribution in [-0.4, -0.2) is 39.4 Å². The smallest absolute Gasteiger partial charge is 0.455 e. The highest BCUT2D eigenvalue weighted by Crippen LogP contribution is 2.41. The number of unbranched alkanes of at least 4 members (excludes halogenated alkanes) is 2. The van der Waals surface area contributed by atoms with Crippen LogP contribution in [0.3, 0.4) is 0 Å². The Labute approximate surface area is 207 Å². The van der Waals surface area contributed by atoms with Gasteiger partial charge in [-0.05, 0) is 62.7 Å². The predicted octanol–water partition coefficient (Wildman–Crippen LogP) is 5.97. The maximum absolute atomic E-state index is 11.5. The summed E-state index contributed by atoms with van der Waals surface area (Å²) >= 11 is 0. The van der Waals surface area contributed by atoms with Crippen molar-refractivity contribution < 1.29 is 32.4 Å².